The van der Waals surface area contributed by atoms with Gasteiger partial charge in [-0.2, -0.15) is 0 Å². The maximum absolute atomic E-state index is 13.0. The molecule has 2 aliphatic heterocycles. The third kappa shape index (κ3) is 4.77. The molecule has 2 N–H and O–H groups in total. The second kappa shape index (κ2) is 8.93. The molecule has 0 aromatic heterocycles. The van der Waals surface area contributed by atoms with Gasteiger partial charge >= 0.3 is 0 Å². The third-order valence-corrected chi connectivity index (χ3v) is 5.92. The molecule has 0 atom stereocenters. The van der Waals surface area contributed by atoms with Crippen LogP contribution in [0.4, 0.5) is 10.1 Å². The van der Waals surface area contributed by atoms with Crippen LogP contribution in [0.25, 0.3) is 0 Å². The summed E-state index contributed by atoms with van der Waals surface area (Å²) in [5.74, 6) is -0.724. The lowest BCUT2D eigenvalue weighted by Crippen LogP contribution is -2.44. The topological polar surface area (TPSA) is 61.4 Å². The first-order valence-electron chi connectivity index (χ1n) is 9.72. The van der Waals surface area contributed by atoms with Crippen molar-refractivity contribution in [3.8, 4) is 0 Å². The predicted octanol–water partition coefficient (Wildman–Crippen LogP) is 3.72. The highest BCUT2D eigenvalue weighted by Crippen LogP contribution is 2.37. The lowest BCUT2D eigenvalue weighted by Gasteiger charge is -2.39. The number of amides is 2. The Morgan fingerprint density at radius 1 is 1.00 bits per heavy atom. The van der Waals surface area contributed by atoms with Crippen LogP contribution in [0.3, 0.4) is 0 Å². The fraction of sp³-hybridized carbons (Fsp3) is 0.364. The minimum Gasteiger partial charge on any atom is -0.339 e. The number of carbonyl (C=O) groups excluding carboxylic acids is 2. The summed E-state index contributed by atoms with van der Waals surface area (Å²) in [5.41, 5.74) is 1.84. The highest BCUT2D eigenvalue weighted by Gasteiger charge is 2.38. The molecule has 2 aromatic rings. The molecule has 2 heterocycles. The molecular weight excluding hydrogens is 393 g/mol. The normalized spacial score (nSPS) is 17.6. The van der Waals surface area contributed by atoms with Crippen LogP contribution in [0, 0.1) is 11.2 Å². The molecule has 1 spiro atoms. The van der Waals surface area contributed by atoms with E-state index >= 15 is 0 Å². The van der Waals surface area contributed by atoms with Crippen LogP contribution in [-0.2, 0) is 0 Å². The highest BCUT2D eigenvalue weighted by atomic mass is 35.5. The molecule has 7 heteroatoms. The Balaban J connectivity index is 0.00000240. The van der Waals surface area contributed by atoms with Crippen LogP contribution in [0.2, 0.25) is 0 Å². The highest BCUT2D eigenvalue weighted by molar-refractivity contribution is 6.05. The summed E-state index contributed by atoms with van der Waals surface area (Å²) in [6.45, 7) is 3.67. The number of carbonyl (C=O) groups is 2. The Morgan fingerprint density at radius 2 is 1.72 bits per heavy atom. The molecule has 0 unspecified atom stereocenters. The minimum atomic E-state index is -0.388. The van der Waals surface area contributed by atoms with Gasteiger partial charge in [0.15, 0.2) is 0 Å². The van der Waals surface area contributed by atoms with E-state index in [-0.39, 0.29) is 30.0 Å². The van der Waals surface area contributed by atoms with Crippen molar-refractivity contribution >= 4 is 29.9 Å². The molecule has 0 aliphatic carbocycles. The number of nitrogens with one attached hydrogen (secondary N) is 2. The van der Waals surface area contributed by atoms with E-state index in [1.165, 1.54) is 30.7 Å². The van der Waals surface area contributed by atoms with Crippen molar-refractivity contribution in [2.24, 2.45) is 5.41 Å². The molecule has 29 heavy (non-hydrogen) atoms. The minimum absolute atomic E-state index is 0. The monoisotopic (exact) mass is 417 g/mol. The van der Waals surface area contributed by atoms with Gasteiger partial charge in [-0.1, -0.05) is 6.07 Å². The number of benzene rings is 2. The smallest absolute Gasteiger partial charge is 0.255 e. The number of anilines is 1. The van der Waals surface area contributed by atoms with E-state index in [1.807, 2.05) is 4.90 Å². The van der Waals surface area contributed by atoms with Gasteiger partial charge in [-0.15, -0.1) is 12.4 Å². The zero-order valence-electron chi connectivity index (χ0n) is 16.1. The van der Waals surface area contributed by atoms with Crippen molar-refractivity contribution in [1.29, 1.82) is 0 Å². The standard InChI is InChI=1S/C22H24FN3O2.ClH/c23-18-6-4-16(5-7-18)20(27)25-19-3-1-2-17(14-19)21(28)26-12-9-22(10-13-26)8-11-24-15-22;/h1-7,14,24H,8-13,15H2,(H,25,27);1H. The molecule has 2 aromatic carbocycles. The summed E-state index contributed by atoms with van der Waals surface area (Å²) in [4.78, 5) is 27.1. The molecule has 154 valence electrons. The van der Waals surface area contributed by atoms with E-state index in [0.29, 0.717) is 22.2 Å². The first-order chi connectivity index (χ1) is 13.5. The van der Waals surface area contributed by atoms with E-state index < -0.39 is 0 Å². The fourth-order valence-corrected chi connectivity index (χ4v) is 4.12. The van der Waals surface area contributed by atoms with Crippen molar-refractivity contribution in [3.63, 3.8) is 0 Å². The summed E-state index contributed by atoms with van der Waals surface area (Å²) < 4.78 is 13.0. The maximum Gasteiger partial charge on any atom is 0.255 e. The fourth-order valence-electron chi connectivity index (χ4n) is 4.12. The summed E-state index contributed by atoms with van der Waals surface area (Å²) >= 11 is 0. The van der Waals surface area contributed by atoms with E-state index in [4.69, 9.17) is 0 Å². The zero-order valence-corrected chi connectivity index (χ0v) is 16.9. The largest absolute Gasteiger partial charge is 0.339 e. The summed E-state index contributed by atoms with van der Waals surface area (Å²) in [5, 5.41) is 6.21. The Morgan fingerprint density at radius 3 is 2.38 bits per heavy atom. The lowest BCUT2D eigenvalue weighted by molar-refractivity contribution is 0.0607. The number of hydrogen-bond donors (Lipinski definition) is 2. The quantitative estimate of drug-likeness (QED) is 0.800. The van der Waals surface area contributed by atoms with Crippen LogP contribution in [-0.4, -0.2) is 42.9 Å². The maximum atomic E-state index is 13.0. The van der Waals surface area contributed by atoms with E-state index in [1.54, 1.807) is 24.3 Å². The molecule has 4 rings (SSSR count). The van der Waals surface area contributed by atoms with Gasteiger partial charge in [-0.25, -0.2) is 4.39 Å². The van der Waals surface area contributed by atoms with Crippen molar-refractivity contribution in [2.75, 3.05) is 31.5 Å². The average Bonchev–Trinajstić information content (AvgIpc) is 3.16. The number of nitrogens with zero attached hydrogens (tertiary/aromatic N) is 1. The number of piperidine rings is 1. The van der Waals surface area contributed by atoms with Gasteiger partial charge in [0.25, 0.3) is 11.8 Å². The molecule has 0 bridgehead atoms. The first-order valence-corrected chi connectivity index (χ1v) is 9.72. The molecule has 2 fully saturated rings. The van der Waals surface area contributed by atoms with Crippen molar-refractivity contribution in [3.05, 3.63) is 65.5 Å². The summed E-state index contributed by atoms with van der Waals surface area (Å²) in [7, 11) is 0. The molecule has 2 saturated heterocycles. The van der Waals surface area contributed by atoms with E-state index in [9.17, 15) is 14.0 Å². The molecule has 0 saturated carbocycles. The van der Waals surface area contributed by atoms with E-state index in [2.05, 4.69) is 10.6 Å². The molecule has 5 nitrogen and oxygen atoms in total. The zero-order chi connectivity index (χ0) is 19.6. The van der Waals surface area contributed by atoms with Crippen LogP contribution < -0.4 is 10.6 Å². The second-order valence-electron chi connectivity index (χ2n) is 7.76. The number of likely N-dealkylation sites (tertiary alicyclic amines) is 1. The Kier molecular flexibility index (Phi) is 6.55. The van der Waals surface area contributed by atoms with Gasteiger partial charge in [0.05, 0.1) is 0 Å². The molecular formula is C22H25ClFN3O2. The Labute approximate surface area is 176 Å². The molecule has 0 radical (unpaired) electrons. The molecule has 2 aliphatic rings. The Bertz CT molecular complexity index is 872. The van der Waals surface area contributed by atoms with Crippen LogP contribution in [0.15, 0.2) is 48.5 Å². The van der Waals surface area contributed by atoms with Crippen LogP contribution in [0.5, 0.6) is 0 Å². The van der Waals surface area contributed by atoms with Gasteiger partial charge in [0.2, 0.25) is 0 Å². The number of hydrogen-bond acceptors (Lipinski definition) is 3. The second-order valence-corrected chi connectivity index (χ2v) is 7.76. The lowest BCUT2D eigenvalue weighted by atomic mass is 9.78. The van der Waals surface area contributed by atoms with Gasteiger partial charge in [-0.05, 0) is 73.7 Å². The molecule has 2 amide bonds. The van der Waals surface area contributed by atoms with Gasteiger partial charge in [0, 0.05) is 36.4 Å². The number of rotatable bonds is 3. The van der Waals surface area contributed by atoms with Crippen molar-refractivity contribution in [2.45, 2.75) is 19.3 Å². The number of halogens is 2. The Hall–Kier alpha value is -2.44. The summed E-state index contributed by atoms with van der Waals surface area (Å²) in [6.07, 6.45) is 3.26. The van der Waals surface area contributed by atoms with Crippen molar-refractivity contribution in [1.82, 2.24) is 10.2 Å². The average molecular weight is 418 g/mol. The van der Waals surface area contributed by atoms with Crippen LogP contribution in [0.1, 0.15) is 40.0 Å². The SMILES string of the molecule is Cl.O=C(Nc1cccc(C(=O)N2CCC3(CCNC3)CC2)c1)c1ccc(F)cc1. The summed E-state index contributed by atoms with van der Waals surface area (Å²) in [6, 6.07) is 12.3. The van der Waals surface area contributed by atoms with Gasteiger partial charge in [-0.3, -0.25) is 9.59 Å². The van der Waals surface area contributed by atoms with Gasteiger partial charge in [0.1, 0.15) is 5.82 Å². The van der Waals surface area contributed by atoms with Crippen LogP contribution >= 0.6 is 12.4 Å². The first kappa shape index (κ1) is 21.3. The third-order valence-electron chi connectivity index (χ3n) is 5.92. The van der Waals surface area contributed by atoms with Gasteiger partial charge < -0.3 is 15.5 Å². The van der Waals surface area contributed by atoms with Crippen molar-refractivity contribution < 1.29 is 14.0 Å². The predicted molar refractivity (Wildman–Crippen MR) is 113 cm³/mol. The van der Waals surface area contributed by atoms with E-state index in [0.717, 1.165) is 39.0 Å².